The Morgan fingerprint density at radius 3 is 2.67 bits per heavy atom. The number of aromatic amines is 1. The van der Waals surface area contributed by atoms with E-state index in [1.165, 1.54) is 11.4 Å². The number of hydrogen-bond donors (Lipinski definition) is 2. The second-order valence-corrected chi connectivity index (χ2v) is 5.30. The number of aromatic nitrogens is 1. The summed E-state index contributed by atoms with van der Waals surface area (Å²) >= 11 is 6.40. The maximum absolute atomic E-state index is 12.7. The summed E-state index contributed by atoms with van der Waals surface area (Å²) < 4.78 is 38.1. The van der Waals surface area contributed by atoms with Crippen molar-refractivity contribution in [2.75, 3.05) is 0 Å². The van der Waals surface area contributed by atoms with Crippen LogP contribution in [0.15, 0.2) is 28.4 Å². The van der Waals surface area contributed by atoms with Crippen LogP contribution < -0.4 is 10.2 Å². The molecule has 0 saturated heterocycles. The first-order chi connectivity index (χ1) is 9.77. The third kappa shape index (κ3) is 3.85. The van der Waals surface area contributed by atoms with Gasteiger partial charge in [-0.2, -0.15) is 13.2 Å². The van der Waals surface area contributed by atoms with Crippen molar-refractivity contribution in [3.8, 4) is 0 Å². The van der Waals surface area contributed by atoms with E-state index in [1.807, 2.05) is 0 Å². The van der Waals surface area contributed by atoms with Crippen molar-refractivity contribution in [2.24, 2.45) is 0 Å². The lowest BCUT2D eigenvalue weighted by molar-refractivity contribution is -0.137. The fraction of sp³-hybridized carbons (Fsp3) is 0.167. The van der Waals surface area contributed by atoms with E-state index in [-0.39, 0.29) is 17.0 Å². The van der Waals surface area contributed by atoms with Gasteiger partial charge in [-0.25, -0.2) is 0 Å². The molecule has 2 rings (SSSR count). The van der Waals surface area contributed by atoms with Crippen molar-refractivity contribution in [3.63, 3.8) is 0 Å². The Morgan fingerprint density at radius 1 is 1.38 bits per heavy atom. The van der Waals surface area contributed by atoms with Gasteiger partial charge in [0.25, 0.3) is 5.91 Å². The summed E-state index contributed by atoms with van der Waals surface area (Å²) in [6.45, 7) is 0.0154. The van der Waals surface area contributed by atoms with Gasteiger partial charge in [-0.1, -0.05) is 22.9 Å². The number of hydrogen-bond acceptors (Lipinski definition) is 3. The molecule has 1 amide bonds. The predicted octanol–water partition coefficient (Wildman–Crippen LogP) is 3.04. The van der Waals surface area contributed by atoms with E-state index in [4.69, 9.17) is 11.6 Å². The number of rotatable bonds is 3. The van der Waals surface area contributed by atoms with Gasteiger partial charge in [0, 0.05) is 16.6 Å². The zero-order valence-electron chi connectivity index (χ0n) is 10.3. The lowest BCUT2D eigenvalue weighted by Gasteiger charge is -2.11. The first kappa shape index (κ1) is 15.6. The van der Waals surface area contributed by atoms with Crippen molar-refractivity contribution in [1.82, 2.24) is 10.3 Å². The molecule has 0 radical (unpaired) electrons. The van der Waals surface area contributed by atoms with Gasteiger partial charge >= 0.3 is 11.0 Å². The molecule has 4 nitrogen and oxygen atoms in total. The van der Waals surface area contributed by atoms with Crippen LogP contribution in [-0.4, -0.2) is 10.9 Å². The fourth-order valence-electron chi connectivity index (χ4n) is 1.56. The number of nitrogens with one attached hydrogen (secondary N) is 2. The molecule has 0 atom stereocenters. The van der Waals surface area contributed by atoms with Crippen molar-refractivity contribution in [3.05, 3.63) is 55.1 Å². The summed E-state index contributed by atoms with van der Waals surface area (Å²) in [7, 11) is 0. The molecule has 0 bridgehead atoms. The highest BCUT2D eigenvalue weighted by molar-refractivity contribution is 7.07. The monoisotopic (exact) mass is 336 g/mol. The molecule has 0 aliphatic heterocycles. The summed E-state index contributed by atoms with van der Waals surface area (Å²) in [5, 5.41) is 3.46. The molecule has 9 heteroatoms. The maximum Gasteiger partial charge on any atom is 0.417 e. The maximum atomic E-state index is 12.7. The zero-order valence-corrected chi connectivity index (χ0v) is 11.8. The van der Waals surface area contributed by atoms with Gasteiger partial charge in [0.15, 0.2) is 0 Å². The molecule has 0 saturated carbocycles. The number of H-pyrrole nitrogens is 1. The van der Waals surface area contributed by atoms with Crippen LogP contribution in [0.1, 0.15) is 21.6 Å². The standard InChI is InChI=1S/C12H8ClF3N2O2S/c13-9-2-1-6(3-8(9)12(14,15)16)10(19)17-4-7-5-21-11(20)18-7/h1-3,5H,4H2,(H,17,19)(H,18,20). The van der Waals surface area contributed by atoms with Crippen LogP contribution in [0.5, 0.6) is 0 Å². The third-order valence-electron chi connectivity index (χ3n) is 2.54. The molecule has 2 aromatic rings. The molecule has 1 aromatic heterocycles. The van der Waals surface area contributed by atoms with E-state index in [1.54, 1.807) is 0 Å². The number of benzene rings is 1. The van der Waals surface area contributed by atoms with Crippen molar-refractivity contribution < 1.29 is 18.0 Å². The summed E-state index contributed by atoms with van der Waals surface area (Å²) in [6.07, 6.45) is -4.63. The van der Waals surface area contributed by atoms with E-state index in [0.29, 0.717) is 11.8 Å². The largest absolute Gasteiger partial charge is 0.417 e. The molecular formula is C12H8ClF3N2O2S. The smallest absolute Gasteiger partial charge is 0.346 e. The van der Waals surface area contributed by atoms with E-state index in [2.05, 4.69) is 10.3 Å². The summed E-state index contributed by atoms with van der Waals surface area (Å²) in [4.78, 5) is 24.9. The van der Waals surface area contributed by atoms with Crippen molar-refractivity contribution >= 4 is 28.8 Å². The Balaban J connectivity index is 2.14. The second-order valence-electron chi connectivity index (χ2n) is 4.05. The Morgan fingerprint density at radius 2 is 2.10 bits per heavy atom. The van der Waals surface area contributed by atoms with Crippen LogP contribution in [0, 0.1) is 0 Å². The third-order valence-corrected chi connectivity index (χ3v) is 3.59. The number of amides is 1. The highest BCUT2D eigenvalue weighted by Gasteiger charge is 2.33. The second kappa shape index (κ2) is 5.90. The first-order valence-corrected chi connectivity index (χ1v) is 6.85. The van der Waals surface area contributed by atoms with Crippen LogP contribution in [0.4, 0.5) is 13.2 Å². The van der Waals surface area contributed by atoms with Gasteiger partial charge in [-0.15, -0.1) is 0 Å². The fourth-order valence-corrected chi connectivity index (χ4v) is 2.37. The quantitative estimate of drug-likeness (QED) is 0.905. The average Bonchev–Trinajstić information content (AvgIpc) is 2.81. The SMILES string of the molecule is O=C(NCc1csc(=O)[nH]1)c1ccc(Cl)c(C(F)(F)F)c1. The Labute approximate surface area is 125 Å². The molecule has 1 aromatic carbocycles. The van der Waals surface area contributed by atoms with Gasteiger partial charge in [0.05, 0.1) is 17.1 Å². The molecule has 0 fully saturated rings. The lowest BCUT2D eigenvalue weighted by atomic mass is 10.1. The van der Waals surface area contributed by atoms with Gasteiger partial charge in [0.2, 0.25) is 0 Å². The minimum Gasteiger partial charge on any atom is -0.346 e. The minimum absolute atomic E-state index is 0.0154. The topological polar surface area (TPSA) is 62.0 Å². The van der Waals surface area contributed by atoms with Crippen molar-refractivity contribution in [1.29, 1.82) is 0 Å². The summed E-state index contributed by atoms with van der Waals surface area (Å²) in [6, 6.07) is 2.91. The Kier molecular flexibility index (Phi) is 4.38. The van der Waals surface area contributed by atoms with E-state index >= 15 is 0 Å². The number of alkyl halides is 3. The normalized spacial score (nSPS) is 11.4. The van der Waals surface area contributed by atoms with Crippen LogP contribution >= 0.6 is 22.9 Å². The van der Waals surface area contributed by atoms with Crippen LogP contribution in [0.2, 0.25) is 5.02 Å². The lowest BCUT2D eigenvalue weighted by Crippen LogP contribution is -2.23. The molecule has 0 aliphatic rings. The first-order valence-electron chi connectivity index (χ1n) is 5.59. The van der Waals surface area contributed by atoms with Crippen LogP contribution in [0.25, 0.3) is 0 Å². The highest BCUT2D eigenvalue weighted by atomic mass is 35.5. The minimum atomic E-state index is -4.63. The molecule has 2 N–H and O–H groups in total. The molecule has 0 spiro atoms. The van der Waals surface area contributed by atoms with E-state index in [0.717, 1.165) is 17.4 Å². The molecule has 21 heavy (non-hydrogen) atoms. The molecule has 112 valence electrons. The molecule has 0 aliphatic carbocycles. The number of thiazole rings is 1. The van der Waals surface area contributed by atoms with Gasteiger partial charge in [0.1, 0.15) is 0 Å². The number of carbonyl (C=O) groups is 1. The highest BCUT2D eigenvalue weighted by Crippen LogP contribution is 2.35. The average molecular weight is 337 g/mol. The Hall–Kier alpha value is -1.80. The van der Waals surface area contributed by atoms with Gasteiger partial charge in [-0.3, -0.25) is 9.59 Å². The van der Waals surface area contributed by atoms with Crippen molar-refractivity contribution in [2.45, 2.75) is 12.7 Å². The van der Waals surface area contributed by atoms with Crippen LogP contribution in [0.3, 0.4) is 0 Å². The Bertz CT molecular complexity index is 724. The van der Waals surface area contributed by atoms with Crippen LogP contribution in [-0.2, 0) is 12.7 Å². The summed E-state index contributed by atoms with van der Waals surface area (Å²) in [5.41, 5.74) is -0.756. The van der Waals surface area contributed by atoms with Gasteiger partial charge < -0.3 is 10.3 Å². The number of carbonyl (C=O) groups excluding carboxylic acids is 1. The molecule has 0 unspecified atom stereocenters. The predicted molar refractivity (Wildman–Crippen MR) is 72.6 cm³/mol. The summed E-state index contributed by atoms with van der Waals surface area (Å²) in [5.74, 6) is -0.691. The molecular weight excluding hydrogens is 329 g/mol. The zero-order chi connectivity index (χ0) is 15.6. The van der Waals surface area contributed by atoms with E-state index < -0.39 is 22.7 Å². The number of halogens is 4. The van der Waals surface area contributed by atoms with E-state index in [9.17, 15) is 22.8 Å². The molecule has 1 heterocycles. The van der Waals surface area contributed by atoms with Gasteiger partial charge in [-0.05, 0) is 18.2 Å².